The summed E-state index contributed by atoms with van der Waals surface area (Å²) in [7, 11) is 0. The smallest absolute Gasteiger partial charge is 0.0813 e. The largest absolute Gasteiger partial charge is 0.388 e. The van der Waals surface area contributed by atoms with Gasteiger partial charge in [0.25, 0.3) is 0 Å². The van der Waals surface area contributed by atoms with E-state index in [-0.39, 0.29) is 6.10 Å². The van der Waals surface area contributed by atoms with Crippen molar-refractivity contribution in [1.29, 1.82) is 0 Å². The fraction of sp³-hybridized carbons (Fsp3) is 0.571. The van der Waals surface area contributed by atoms with E-state index >= 15 is 0 Å². The van der Waals surface area contributed by atoms with Crippen LogP contribution in [0.15, 0.2) is 18.2 Å². The van der Waals surface area contributed by atoms with Gasteiger partial charge in [-0.1, -0.05) is 32.0 Å². The highest BCUT2D eigenvalue weighted by molar-refractivity contribution is 5.34. The first-order valence-electron chi connectivity index (χ1n) is 5.98. The SMILES string of the molecule is CC(C)[C@H](O)c1ccc2c(c1)CCCC2. The van der Waals surface area contributed by atoms with Gasteiger partial charge in [-0.15, -0.1) is 0 Å². The number of rotatable bonds is 2. The third kappa shape index (κ3) is 2.23. The van der Waals surface area contributed by atoms with E-state index in [1.165, 1.54) is 36.8 Å². The monoisotopic (exact) mass is 204 g/mol. The summed E-state index contributed by atoms with van der Waals surface area (Å²) < 4.78 is 0. The third-order valence-electron chi connectivity index (χ3n) is 3.35. The lowest BCUT2D eigenvalue weighted by molar-refractivity contribution is 0.127. The van der Waals surface area contributed by atoms with Crippen molar-refractivity contribution in [1.82, 2.24) is 0 Å². The summed E-state index contributed by atoms with van der Waals surface area (Å²) in [6, 6.07) is 6.50. The van der Waals surface area contributed by atoms with Crippen LogP contribution < -0.4 is 0 Å². The van der Waals surface area contributed by atoms with E-state index in [1.807, 2.05) is 0 Å². The number of aryl methyl sites for hydroxylation is 2. The Kier molecular flexibility index (Phi) is 3.11. The summed E-state index contributed by atoms with van der Waals surface area (Å²) in [5.41, 5.74) is 4.03. The first-order valence-corrected chi connectivity index (χ1v) is 5.98. The number of fused-ring (bicyclic) bond motifs is 1. The number of aliphatic hydroxyl groups is 1. The van der Waals surface area contributed by atoms with Gasteiger partial charge < -0.3 is 5.11 Å². The number of benzene rings is 1. The zero-order valence-corrected chi connectivity index (χ0v) is 9.66. The van der Waals surface area contributed by atoms with Crippen LogP contribution in [0.2, 0.25) is 0 Å². The van der Waals surface area contributed by atoms with Crippen LogP contribution in [-0.2, 0) is 12.8 Å². The summed E-state index contributed by atoms with van der Waals surface area (Å²) in [5.74, 6) is 0.298. The molecule has 0 aliphatic heterocycles. The topological polar surface area (TPSA) is 20.2 Å². The Bertz CT molecular complexity index is 341. The van der Waals surface area contributed by atoms with Crippen molar-refractivity contribution >= 4 is 0 Å². The van der Waals surface area contributed by atoms with Crippen LogP contribution >= 0.6 is 0 Å². The summed E-state index contributed by atoms with van der Waals surface area (Å²) in [6.45, 7) is 4.12. The molecule has 1 aromatic carbocycles. The van der Waals surface area contributed by atoms with Crippen LogP contribution in [0.1, 0.15) is 49.5 Å². The van der Waals surface area contributed by atoms with Crippen LogP contribution in [0.25, 0.3) is 0 Å². The van der Waals surface area contributed by atoms with Crippen LogP contribution in [-0.4, -0.2) is 5.11 Å². The molecule has 0 amide bonds. The Labute approximate surface area is 92.1 Å². The maximum absolute atomic E-state index is 10.00. The highest BCUT2D eigenvalue weighted by Crippen LogP contribution is 2.27. The Balaban J connectivity index is 2.27. The zero-order chi connectivity index (χ0) is 10.8. The summed E-state index contributed by atoms with van der Waals surface area (Å²) in [4.78, 5) is 0. The van der Waals surface area contributed by atoms with Crippen molar-refractivity contribution < 1.29 is 5.11 Å². The standard InChI is InChI=1S/C14H20O/c1-10(2)14(15)13-8-7-11-5-3-4-6-12(11)9-13/h7-10,14-15H,3-6H2,1-2H3/t14-/m0/s1. The minimum atomic E-state index is -0.308. The molecule has 0 bridgehead atoms. The maximum Gasteiger partial charge on any atom is 0.0813 e. The third-order valence-corrected chi connectivity index (χ3v) is 3.35. The molecule has 82 valence electrons. The first-order chi connectivity index (χ1) is 7.18. The molecule has 1 N–H and O–H groups in total. The van der Waals surface area contributed by atoms with Crippen LogP contribution in [0.4, 0.5) is 0 Å². The molecule has 0 fully saturated rings. The minimum absolute atomic E-state index is 0.298. The van der Waals surface area contributed by atoms with Gasteiger partial charge >= 0.3 is 0 Å². The lowest BCUT2D eigenvalue weighted by atomic mass is 9.88. The van der Waals surface area contributed by atoms with E-state index in [9.17, 15) is 5.11 Å². The second-order valence-electron chi connectivity index (χ2n) is 4.92. The van der Waals surface area contributed by atoms with E-state index in [0.29, 0.717) is 5.92 Å². The van der Waals surface area contributed by atoms with Crippen molar-refractivity contribution in [2.75, 3.05) is 0 Å². The van der Waals surface area contributed by atoms with Gasteiger partial charge in [-0.05, 0) is 48.3 Å². The summed E-state index contributed by atoms with van der Waals surface area (Å²) >= 11 is 0. The second-order valence-corrected chi connectivity index (χ2v) is 4.92. The number of hydrogen-bond donors (Lipinski definition) is 1. The Morgan fingerprint density at radius 1 is 1.07 bits per heavy atom. The molecule has 2 rings (SSSR count). The van der Waals surface area contributed by atoms with E-state index in [4.69, 9.17) is 0 Å². The van der Waals surface area contributed by atoms with Gasteiger partial charge in [0.05, 0.1) is 6.10 Å². The number of aliphatic hydroxyl groups excluding tert-OH is 1. The van der Waals surface area contributed by atoms with Gasteiger partial charge in [0.2, 0.25) is 0 Å². The fourth-order valence-electron chi connectivity index (χ4n) is 2.32. The van der Waals surface area contributed by atoms with Crippen molar-refractivity contribution in [3.8, 4) is 0 Å². The first kappa shape index (κ1) is 10.7. The molecule has 15 heavy (non-hydrogen) atoms. The molecule has 0 radical (unpaired) electrons. The highest BCUT2D eigenvalue weighted by atomic mass is 16.3. The molecule has 0 heterocycles. The van der Waals surface area contributed by atoms with E-state index in [2.05, 4.69) is 32.0 Å². The molecule has 1 aliphatic carbocycles. The Morgan fingerprint density at radius 3 is 2.40 bits per heavy atom. The van der Waals surface area contributed by atoms with Crippen molar-refractivity contribution in [2.45, 2.75) is 45.6 Å². The van der Waals surface area contributed by atoms with Gasteiger partial charge in [0.15, 0.2) is 0 Å². The normalized spacial score (nSPS) is 17.6. The average molecular weight is 204 g/mol. The van der Waals surface area contributed by atoms with E-state index < -0.39 is 0 Å². The van der Waals surface area contributed by atoms with Crippen molar-refractivity contribution in [3.63, 3.8) is 0 Å². The van der Waals surface area contributed by atoms with Crippen molar-refractivity contribution in [3.05, 3.63) is 34.9 Å². The highest BCUT2D eigenvalue weighted by Gasteiger charge is 2.15. The molecule has 1 nitrogen and oxygen atoms in total. The van der Waals surface area contributed by atoms with Crippen LogP contribution in [0.5, 0.6) is 0 Å². The summed E-state index contributed by atoms with van der Waals surface area (Å²) in [5, 5.41) is 10.00. The van der Waals surface area contributed by atoms with Gasteiger partial charge in [-0.2, -0.15) is 0 Å². The molecule has 1 aliphatic rings. The number of hydrogen-bond acceptors (Lipinski definition) is 1. The minimum Gasteiger partial charge on any atom is -0.388 e. The summed E-state index contributed by atoms with van der Waals surface area (Å²) in [6.07, 6.45) is 4.71. The molecular weight excluding hydrogens is 184 g/mol. The lowest BCUT2D eigenvalue weighted by Crippen LogP contribution is -2.08. The van der Waals surface area contributed by atoms with Gasteiger partial charge in [-0.25, -0.2) is 0 Å². The molecular formula is C14H20O. The van der Waals surface area contributed by atoms with E-state index in [0.717, 1.165) is 5.56 Å². The van der Waals surface area contributed by atoms with Gasteiger partial charge in [0.1, 0.15) is 0 Å². The molecule has 1 aromatic rings. The predicted molar refractivity (Wildman–Crippen MR) is 62.9 cm³/mol. The fourth-order valence-corrected chi connectivity index (χ4v) is 2.32. The molecule has 0 aromatic heterocycles. The molecule has 0 saturated carbocycles. The molecule has 1 heteroatoms. The Hall–Kier alpha value is -0.820. The molecule has 0 spiro atoms. The lowest BCUT2D eigenvalue weighted by Gasteiger charge is -2.20. The van der Waals surface area contributed by atoms with Crippen molar-refractivity contribution in [2.24, 2.45) is 5.92 Å². The Morgan fingerprint density at radius 2 is 1.73 bits per heavy atom. The van der Waals surface area contributed by atoms with Gasteiger partial charge in [-0.3, -0.25) is 0 Å². The van der Waals surface area contributed by atoms with Gasteiger partial charge in [0, 0.05) is 0 Å². The quantitative estimate of drug-likeness (QED) is 0.784. The molecule has 0 unspecified atom stereocenters. The molecule has 0 saturated heterocycles. The average Bonchev–Trinajstić information content (AvgIpc) is 2.27. The van der Waals surface area contributed by atoms with Crippen LogP contribution in [0, 0.1) is 5.92 Å². The molecule has 1 atom stereocenters. The van der Waals surface area contributed by atoms with Crippen LogP contribution in [0.3, 0.4) is 0 Å². The maximum atomic E-state index is 10.00. The zero-order valence-electron chi connectivity index (χ0n) is 9.66. The second kappa shape index (κ2) is 4.36. The predicted octanol–water partition coefficient (Wildman–Crippen LogP) is 3.25. The van der Waals surface area contributed by atoms with E-state index in [1.54, 1.807) is 0 Å².